The third kappa shape index (κ3) is 2.19. The van der Waals surface area contributed by atoms with Crippen LogP contribution in [0.2, 0.25) is 0 Å². The summed E-state index contributed by atoms with van der Waals surface area (Å²) in [5, 5.41) is 13.9. The second kappa shape index (κ2) is 4.97. The summed E-state index contributed by atoms with van der Waals surface area (Å²) in [6, 6.07) is 16.2. The molecule has 0 saturated heterocycles. The van der Waals surface area contributed by atoms with Crippen LogP contribution in [0.3, 0.4) is 0 Å². The van der Waals surface area contributed by atoms with E-state index in [0.717, 1.165) is 32.3 Å². The van der Waals surface area contributed by atoms with Crippen LogP contribution in [0, 0.1) is 0 Å². The number of rotatable bonds is 2. The standard InChI is InChI=1S/C15H12BrN3/c1-17-15-13-8-3-2-7-12(13)14(18-19-15)10-5-4-6-11(16)9-10/h2-9H,1H3,(H,17,19). The van der Waals surface area contributed by atoms with E-state index in [9.17, 15) is 0 Å². The van der Waals surface area contributed by atoms with Gasteiger partial charge in [0.15, 0.2) is 5.82 Å². The fraction of sp³-hybridized carbons (Fsp3) is 0.0667. The lowest BCUT2D eigenvalue weighted by molar-refractivity contribution is 1.05. The van der Waals surface area contributed by atoms with E-state index in [1.807, 2.05) is 37.4 Å². The van der Waals surface area contributed by atoms with Crippen LogP contribution >= 0.6 is 15.9 Å². The number of halogens is 1. The molecule has 0 amide bonds. The third-order valence-corrected chi connectivity index (χ3v) is 3.52. The van der Waals surface area contributed by atoms with Crippen molar-refractivity contribution in [1.82, 2.24) is 10.2 Å². The van der Waals surface area contributed by atoms with Crippen molar-refractivity contribution in [3.8, 4) is 11.3 Å². The van der Waals surface area contributed by atoms with Crippen molar-refractivity contribution in [3.05, 3.63) is 53.0 Å². The molecule has 0 aliphatic carbocycles. The largest absolute Gasteiger partial charge is 0.371 e. The van der Waals surface area contributed by atoms with Gasteiger partial charge in [0.25, 0.3) is 0 Å². The maximum Gasteiger partial charge on any atom is 0.156 e. The van der Waals surface area contributed by atoms with E-state index >= 15 is 0 Å². The summed E-state index contributed by atoms with van der Waals surface area (Å²) in [7, 11) is 1.86. The second-order valence-electron chi connectivity index (χ2n) is 4.20. The number of nitrogens with zero attached hydrogens (tertiary/aromatic N) is 2. The summed E-state index contributed by atoms with van der Waals surface area (Å²) in [6.45, 7) is 0. The number of nitrogens with one attached hydrogen (secondary N) is 1. The van der Waals surface area contributed by atoms with E-state index in [-0.39, 0.29) is 0 Å². The molecule has 1 N–H and O–H groups in total. The van der Waals surface area contributed by atoms with E-state index in [2.05, 4.69) is 49.6 Å². The highest BCUT2D eigenvalue weighted by molar-refractivity contribution is 9.10. The van der Waals surface area contributed by atoms with Crippen molar-refractivity contribution in [2.45, 2.75) is 0 Å². The van der Waals surface area contributed by atoms with E-state index in [4.69, 9.17) is 0 Å². The van der Waals surface area contributed by atoms with Gasteiger partial charge in [0, 0.05) is 27.9 Å². The predicted octanol–water partition coefficient (Wildman–Crippen LogP) is 4.10. The van der Waals surface area contributed by atoms with E-state index in [0.29, 0.717) is 0 Å². The van der Waals surface area contributed by atoms with Gasteiger partial charge in [-0.1, -0.05) is 52.3 Å². The molecule has 94 valence electrons. The first-order valence-corrected chi connectivity index (χ1v) is 6.78. The molecule has 1 heterocycles. The highest BCUT2D eigenvalue weighted by Crippen LogP contribution is 2.30. The summed E-state index contributed by atoms with van der Waals surface area (Å²) < 4.78 is 1.04. The molecule has 1 aromatic heterocycles. The molecule has 0 unspecified atom stereocenters. The summed E-state index contributed by atoms with van der Waals surface area (Å²) in [4.78, 5) is 0. The van der Waals surface area contributed by atoms with Gasteiger partial charge in [-0.3, -0.25) is 0 Å². The van der Waals surface area contributed by atoms with Gasteiger partial charge in [0.1, 0.15) is 5.69 Å². The van der Waals surface area contributed by atoms with Gasteiger partial charge in [-0.15, -0.1) is 10.2 Å². The lowest BCUT2D eigenvalue weighted by Gasteiger charge is -2.09. The number of aromatic nitrogens is 2. The second-order valence-corrected chi connectivity index (χ2v) is 5.12. The van der Waals surface area contributed by atoms with Crippen LogP contribution in [0.1, 0.15) is 0 Å². The smallest absolute Gasteiger partial charge is 0.156 e. The molecule has 4 heteroatoms. The fourth-order valence-electron chi connectivity index (χ4n) is 2.14. The van der Waals surface area contributed by atoms with Crippen molar-refractivity contribution in [2.75, 3.05) is 12.4 Å². The van der Waals surface area contributed by atoms with Crippen LogP contribution in [-0.2, 0) is 0 Å². The minimum Gasteiger partial charge on any atom is -0.371 e. The Hall–Kier alpha value is -1.94. The van der Waals surface area contributed by atoms with Crippen LogP contribution in [0.4, 0.5) is 5.82 Å². The van der Waals surface area contributed by atoms with Crippen molar-refractivity contribution in [2.24, 2.45) is 0 Å². The summed E-state index contributed by atoms with van der Waals surface area (Å²) in [5.41, 5.74) is 1.96. The normalized spacial score (nSPS) is 10.6. The fourth-order valence-corrected chi connectivity index (χ4v) is 2.54. The highest BCUT2D eigenvalue weighted by Gasteiger charge is 2.09. The number of benzene rings is 2. The maximum absolute atomic E-state index is 4.36. The molecular weight excluding hydrogens is 302 g/mol. The molecule has 3 rings (SSSR count). The molecule has 0 aliphatic rings. The van der Waals surface area contributed by atoms with Crippen molar-refractivity contribution < 1.29 is 0 Å². The molecule has 0 atom stereocenters. The SMILES string of the molecule is CNc1nnc(-c2cccc(Br)c2)c2ccccc12. The Morgan fingerprint density at radius 1 is 0.947 bits per heavy atom. The Balaban J connectivity index is 2.31. The molecule has 0 bridgehead atoms. The zero-order chi connectivity index (χ0) is 13.2. The van der Waals surface area contributed by atoms with Crippen molar-refractivity contribution in [3.63, 3.8) is 0 Å². The van der Waals surface area contributed by atoms with Crippen LogP contribution in [0.5, 0.6) is 0 Å². The zero-order valence-electron chi connectivity index (χ0n) is 10.4. The van der Waals surface area contributed by atoms with Crippen LogP contribution < -0.4 is 5.32 Å². The molecule has 0 fully saturated rings. The van der Waals surface area contributed by atoms with E-state index in [1.54, 1.807) is 0 Å². The Kier molecular flexibility index (Phi) is 3.17. The number of fused-ring (bicyclic) bond motifs is 1. The molecule has 0 aliphatic heterocycles. The highest BCUT2D eigenvalue weighted by atomic mass is 79.9. The quantitative estimate of drug-likeness (QED) is 0.774. The topological polar surface area (TPSA) is 37.8 Å². The van der Waals surface area contributed by atoms with Gasteiger partial charge in [0.2, 0.25) is 0 Å². The van der Waals surface area contributed by atoms with Gasteiger partial charge < -0.3 is 5.32 Å². The first-order valence-electron chi connectivity index (χ1n) is 5.98. The Morgan fingerprint density at radius 2 is 1.74 bits per heavy atom. The van der Waals surface area contributed by atoms with Crippen LogP contribution in [0.25, 0.3) is 22.0 Å². The van der Waals surface area contributed by atoms with Gasteiger partial charge in [-0.2, -0.15) is 0 Å². The number of hydrogen-bond acceptors (Lipinski definition) is 3. The molecular formula is C15H12BrN3. The Bertz CT molecular complexity index is 740. The summed E-state index contributed by atoms with van der Waals surface area (Å²) in [5.74, 6) is 0.800. The Morgan fingerprint density at radius 3 is 2.47 bits per heavy atom. The Labute approximate surface area is 119 Å². The average molecular weight is 314 g/mol. The minimum absolute atomic E-state index is 0.800. The zero-order valence-corrected chi connectivity index (χ0v) is 12.0. The van der Waals surface area contributed by atoms with Crippen molar-refractivity contribution in [1.29, 1.82) is 0 Å². The molecule has 3 nitrogen and oxygen atoms in total. The first-order chi connectivity index (χ1) is 9.29. The van der Waals surface area contributed by atoms with Gasteiger partial charge in [-0.05, 0) is 12.1 Å². The number of anilines is 1. The maximum atomic E-state index is 4.36. The molecule has 2 aromatic carbocycles. The molecule has 0 saturated carbocycles. The molecule has 0 radical (unpaired) electrons. The van der Waals surface area contributed by atoms with Gasteiger partial charge in [0.05, 0.1) is 0 Å². The molecule has 19 heavy (non-hydrogen) atoms. The molecule has 3 aromatic rings. The van der Waals surface area contributed by atoms with Crippen LogP contribution in [-0.4, -0.2) is 17.2 Å². The summed E-state index contributed by atoms with van der Waals surface area (Å²) >= 11 is 3.49. The van der Waals surface area contributed by atoms with Crippen molar-refractivity contribution >= 4 is 32.5 Å². The predicted molar refractivity (Wildman–Crippen MR) is 82.2 cm³/mol. The first kappa shape index (κ1) is 12.1. The number of hydrogen-bond donors (Lipinski definition) is 1. The van der Waals surface area contributed by atoms with Crippen LogP contribution in [0.15, 0.2) is 53.0 Å². The summed E-state index contributed by atoms with van der Waals surface area (Å²) in [6.07, 6.45) is 0. The third-order valence-electron chi connectivity index (χ3n) is 3.02. The lowest BCUT2D eigenvalue weighted by Crippen LogP contribution is -1.98. The lowest BCUT2D eigenvalue weighted by atomic mass is 10.0. The molecule has 0 spiro atoms. The van der Waals surface area contributed by atoms with E-state index in [1.165, 1.54) is 0 Å². The minimum atomic E-state index is 0.800. The average Bonchev–Trinajstić information content (AvgIpc) is 2.46. The monoisotopic (exact) mass is 313 g/mol. The van der Waals surface area contributed by atoms with E-state index < -0.39 is 0 Å². The van der Waals surface area contributed by atoms with Gasteiger partial charge >= 0.3 is 0 Å². The van der Waals surface area contributed by atoms with Gasteiger partial charge in [-0.25, -0.2) is 0 Å².